The first-order chi connectivity index (χ1) is 8.90. The van der Waals surface area contributed by atoms with Gasteiger partial charge in [0.15, 0.2) is 0 Å². The van der Waals surface area contributed by atoms with Crippen molar-refractivity contribution < 1.29 is 24.2 Å². The molecule has 0 aliphatic heterocycles. The van der Waals surface area contributed by atoms with Gasteiger partial charge in [-0.1, -0.05) is 6.07 Å². The van der Waals surface area contributed by atoms with Crippen molar-refractivity contribution in [1.29, 1.82) is 0 Å². The van der Waals surface area contributed by atoms with E-state index in [1.165, 1.54) is 6.07 Å². The molecule has 102 valence electrons. The Kier molecular flexibility index (Phi) is 4.87. The molecule has 0 radical (unpaired) electrons. The highest BCUT2D eigenvalue weighted by Gasteiger charge is 2.12. The first kappa shape index (κ1) is 14.5. The maximum Gasteiger partial charge on any atom is 0.339 e. The normalized spacial score (nSPS) is 9.74. The van der Waals surface area contributed by atoms with Crippen molar-refractivity contribution in [2.24, 2.45) is 5.73 Å². The summed E-state index contributed by atoms with van der Waals surface area (Å²) in [6.45, 7) is 1.74. The number of aryl methyl sites for hydroxylation is 1. The first-order valence-electron chi connectivity index (χ1n) is 5.46. The van der Waals surface area contributed by atoms with E-state index in [9.17, 15) is 14.4 Å². The van der Waals surface area contributed by atoms with Gasteiger partial charge in [0.1, 0.15) is 11.3 Å². The van der Waals surface area contributed by atoms with Crippen LogP contribution in [0.1, 0.15) is 22.3 Å². The Morgan fingerprint density at radius 3 is 2.63 bits per heavy atom. The van der Waals surface area contributed by atoms with E-state index in [1.807, 2.05) is 5.32 Å². The molecule has 0 saturated heterocycles. The summed E-state index contributed by atoms with van der Waals surface area (Å²) in [5.74, 6) is -1.52. The fraction of sp³-hybridized carbons (Fsp3) is 0.250. The highest BCUT2D eigenvalue weighted by Crippen LogP contribution is 2.20. The van der Waals surface area contributed by atoms with Crippen LogP contribution in [0.15, 0.2) is 18.2 Å². The number of aromatic carboxylic acids is 1. The quantitative estimate of drug-likeness (QED) is 0.723. The summed E-state index contributed by atoms with van der Waals surface area (Å²) in [6, 6.07) is 3.70. The van der Waals surface area contributed by atoms with Crippen molar-refractivity contribution in [3.8, 4) is 5.75 Å². The predicted octanol–water partition coefficient (Wildman–Crippen LogP) is 0.657. The molecule has 0 fully saturated rings. The van der Waals surface area contributed by atoms with Gasteiger partial charge in [0.25, 0.3) is 0 Å². The second-order valence-corrected chi connectivity index (χ2v) is 3.82. The van der Waals surface area contributed by atoms with Crippen LogP contribution in [0.3, 0.4) is 0 Å². The van der Waals surface area contributed by atoms with Gasteiger partial charge in [0.05, 0.1) is 13.0 Å². The zero-order valence-corrected chi connectivity index (χ0v) is 10.3. The van der Waals surface area contributed by atoms with E-state index in [4.69, 9.17) is 15.6 Å². The van der Waals surface area contributed by atoms with E-state index < -0.39 is 17.9 Å². The van der Waals surface area contributed by atoms with Gasteiger partial charge in [-0.05, 0) is 24.6 Å². The SMILES string of the molecule is Cc1ccc(C(=O)O)c(OCCC(=O)NC(N)=O)c1. The molecule has 0 atom stereocenters. The molecule has 0 bridgehead atoms. The van der Waals surface area contributed by atoms with E-state index in [0.717, 1.165) is 5.56 Å². The fourth-order valence-electron chi connectivity index (χ4n) is 1.38. The highest BCUT2D eigenvalue weighted by atomic mass is 16.5. The largest absolute Gasteiger partial charge is 0.492 e. The van der Waals surface area contributed by atoms with Crippen molar-refractivity contribution in [2.75, 3.05) is 6.61 Å². The Morgan fingerprint density at radius 1 is 1.37 bits per heavy atom. The van der Waals surface area contributed by atoms with Gasteiger partial charge in [-0.15, -0.1) is 0 Å². The molecule has 7 heteroatoms. The zero-order chi connectivity index (χ0) is 14.4. The molecule has 0 spiro atoms. The number of nitrogens with one attached hydrogen (secondary N) is 1. The minimum Gasteiger partial charge on any atom is -0.492 e. The summed E-state index contributed by atoms with van der Waals surface area (Å²) >= 11 is 0. The van der Waals surface area contributed by atoms with Crippen LogP contribution in [0.2, 0.25) is 0 Å². The Balaban J connectivity index is 2.62. The lowest BCUT2D eigenvalue weighted by Crippen LogP contribution is -2.35. The molecule has 0 aliphatic carbocycles. The number of urea groups is 1. The van der Waals surface area contributed by atoms with Crippen molar-refractivity contribution in [3.63, 3.8) is 0 Å². The third kappa shape index (κ3) is 4.66. The summed E-state index contributed by atoms with van der Waals surface area (Å²) in [7, 11) is 0. The van der Waals surface area contributed by atoms with Crippen LogP contribution in [0.25, 0.3) is 0 Å². The van der Waals surface area contributed by atoms with Gasteiger partial charge in [0, 0.05) is 0 Å². The molecule has 3 amide bonds. The smallest absolute Gasteiger partial charge is 0.339 e. The number of benzene rings is 1. The number of primary amides is 1. The molecule has 0 aliphatic rings. The van der Waals surface area contributed by atoms with E-state index in [0.29, 0.717) is 0 Å². The average molecular weight is 266 g/mol. The molecule has 0 aromatic heterocycles. The first-order valence-corrected chi connectivity index (χ1v) is 5.46. The van der Waals surface area contributed by atoms with Crippen LogP contribution in [0.5, 0.6) is 5.75 Å². The second kappa shape index (κ2) is 6.39. The Morgan fingerprint density at radius 2 is 2.05 bits per heavy atom. The number of carbonyl (C=O) groups excluding carboxylic acids is 2. The van der Waals surface area contributed by atoms with Crippen LogP contribution < -0.4 is 15.8 Å². The number of rotatable bonds is 5. The Hall–Kier alpha value is -2.57. The monoisotopic (exact) mass is 266 g/mol. The van der Waals surface area contributed by atoms with E-state index in [-0.39, 0.29) is 24.3 Å². The number of carboxylic acid groups (broad SMARTS) is 1. The van der Waals surface area contributed by atoms with E-state index in [2.05, 4.69) is 0 Å². The lowest BCUT2D eigenvalue weighted by Gasteiger charge is -2.09. The lowest BCUT2D eigenvalue weighted by atomic mass is 10.1. The van der Waals surface area contributed by atoms with Crippen LogP contribution in [0.4, 0.5) is 4.79 Å². The number of carbonyl (C=O) groups is 3. The Bertz CT molecular complexity index is 513. The van der Waals surface area contributed by atoms with Crippen molar-refractivity contribution in [3.05, 3.63) is 29.3 Å². The molecule has 19 heavy (non-hydrogen) atoms. The summed E-state index contributed by atoms with van der Waals surface area (Å²) in [4.78, 5) is 32.5. The van der Waals surface area contributed by atoms with Crippen molar-refractivity contribution >= 4 is 17.9 Å². The molecule has 1 aromatic carbocycles. The van der Waals surface area contributed by atoms with Gasteiger partial charge in [0.2, 0.25) is 5.91 Å². The number of imide groups is 1. The fourth-order valence-corrected chi connectivity index (χ4v) is 1.38. The number of hydrogen-bond acceptors (Lipinski definition) is 4. The molecule has 4 N–H and O–H groups in total. The third-order valence-electron chi connectivity index (χ3n) is 2.22. The molecule has 0 heterocycles. The van der Waals surface area contributed by atoms with Gasteiger partial charge in [-0.2, -0.15) is 0 Å². The number of carboxylic acids is 1. The second-order valence-electron chi connectivity index (χ2n) is 3.82. The van der Waals surface area contributed by atoms with Gasteiger partial charge in [-0.3, -0.25) is 10.1 Å². The van der Waals surface area contributed by atoms with Crippen LogP contribution in [-0.2, 0) is 4.79 Å². The standard InChI is InChI=1S/C12H14N2O5/c1-7-2-3-8(11(16)17)9(6-7)19-5-4-10(15)14-12(13)18/h2-3,6H,4-5H2,1H3,(H,16,17)(H3,13,14,15,18). The molecule has 0 saturated carbocycles. The Labute approximate surface area is 109 Å². The van der Waals surface area contributed by atoms with Gasteiger partial charge >= 0.3 is 12.0 Å². The van der Waals surface area contributed by atoms with E-state index in [1.54, 1.807) is 19.1 Å². The maximum atomic E-state index is 11.1. The predicted molar refractivity (Wildman–Crippen MR) is 66.0 cm³/mol. The number of nitrogens with two attached hydrogens (primary N) is 1. The summed E-state index contributed by atoms with van der Waals surface area (Å²) in [5.41, 5.74) is 5.62. The molecular formula is C12H14N2O5. The van der Waals surface area contributed by atoms with Crippen molar-refractivity contribution in [2.45, 2.75) is 13.3 Å². The summed E-state index contributed by atoms with van der Waals surface area (Å²) < 4.78 is 5.24. The van der Waals surface area contributed by atoms with Crippen LogP contribution in [-0.4, -0.2) is 29.6 Å². The zero-order valence-electron chi connectivity index (χ0n) is 10.3. The third-order valence-corrected chi connectivity index (χ3v) is 2.22. The maximum absolute atomic E-state index is 11.1. The average Bonchev–Trinajstić information content (AvgIpc) is 2.27. The van der Waals surface area contributed by atoms with E-state index >= 15 is 0 Å². The molecule has 1 rings (SSSR count). The summed E-state index contributed by atoms with van der Waals surface area (Å²) in [6.07, 6.45) is -0.101. The minimum atomic E-state index is -1.11. The number of ether oxygens (including phenoxy) is 1. The van der Waals surface area contributed by atoms with Crippen LogP contribution in [0, 0.1) is 6.92 Å². The number of hydrogen-bond donors (Lipinski definition) is 3. The number of amides is 3. The molecule has 1 aromatic rings. The lowest BCUT2D eigenvalue weighted by molar-refractivity contribution is -0.120. The molecule has 7 nitrogen and oxygen atoms in total. The van der Waals surface area contributed by atoms with Crippen LogP contribution >= 0.6 is 0 Å². The molecule has 0 unspecified atom stereocenters. The highest BCUT2D eigenvalue weighted by molar-refractivity contribution is 5.93. The van der Waals surface area contributed by atoms with Crippen molar-refractivity contribution in [1.82, 2.24) is 5.32 Å². The van der Waals surface area contributed by atoms with Gasteiger partial charge in [-0.25, -0.2) is 9.59 Å². The summed E-state index contributed by atoms with van der Waals surface area (Å²) in [5, 5.41) is 10.8. The topological polar surface area (TPSA) is 119 Å². The molecular weight excluding hydrogens is 252 g/mol. The van der Waals surface area contributed by atoms with Gasteiger partial charge < -0.3 is 15.6 Å². The minimum absolute atomic E-state index is 0.0147.